The Balaban J connectivity index is 1.60. The Morgan fingerprint density at radius 3 is 2.89 bits per heavy atom. The van der Waals surface area contributed by atoms with Crippen LogP contribution >= 0.6 is 11.6 Å². The number of aromatic amines is 1. The number of halogens is 2. The van der Waals surface area contributed by atoms with Crippen molar-refractivity contribution in [1.82, 2.24) is 19.7 Å². The van der Waals surface area contributed by atoms with E-state index in [9.17, 15) is 9.50 Å². The number of aliphatic hydroxyl groups is 1. The van der Waals surface area contributed by atoms with E-state index in [1.54, 1.807) is 17.9 Å². The number of nitrogens with zero attached hydrogens (tertiary/aromatic N) is 4. The third-order valence-electron chi connectivity index (χ3n) is 5.00. The highest BCUT2D eigenvalue weighted by molar-refractivity contribution is 6.53. The summed E-state index contributed by atoms with van der Waals surface area (Å²) in [5.41, 5.74) is 2.96. The van der Waals surface area contributed by atoms with Crippen molar-refractivity contribution in [3.63, 3.8) is 0 Å². The molecule has 0 amide bonds. The lowest BCUT2D eigenvalue weighted by molar-refractivity contribution is 0.122. The molecule has 1 fully saturated rings. The number of rotatable bonds is 2. The second-order valence-corrected chi connectivity index (χ2v) is 7.23. The summed E-state index contributed by atoms with van der Waals surface area (Å²) in [5, 5.41) is 18.1. The minimum absolute atomic E-state index is 0.197. The molecule has 0 aliphatic carbocycles. The molecule has 8 nitrogen and oxygen atoms in total. The molecule has 2 aromatic heterocycles. The summed E-state index contributed by atoms with van der Waals surface area (Å²) in [6.45, 7) is 2.63. The highest BCUT2D eigenvalue weighted by Crippen LogP contribution is 2.39. The van der Waals surface area contributed by atoms with Crippen LogP contribution in [0.15, 0.2) is 18.3 Å². The lowest BCUT2D eigenvalue weighted by atomic mass is 10.1. The fourth-order valence-corrected chi connectivity index (χ4v) is 3.98. The van der Waals surface area contributed by atoms with E-state index in [0.717, 1.165) is 5.69 Å². The highest BCUT2D eigenvalue weighted by Gasteiger charge is 2.30. The van der Waals surface area contributed by atoms with Gasteiger partial charge in [-0.1, -0.05) is 11.6 Å². The Bertz CT molecular complexity index is 1100. The van der Waals surface area contributed by atoms with Gasteiger partial charge in [-0.05, 0) is 12.1 Å². The second-order valence-electron chi connectivity index (χ2n) is 6.85. The molecular weight excluding hydrogens is 387 g/mol. The molecule has 0 radical (unpaired) electrons. The Labute approximate surface area is 164 Å². The van der Waals surface area contributed by atoms with E-state index in [-0.39, 0.29) is 10.5 Å². The van der Waals surface area contributed by atoms with Crippen LogP contribution in [0.25, 0.3) is 21.6 Å². The van der Waals surface area contributed by atoms with Gasteiger partial charge in [-0.2, -0.15) is 5.10 Å². The van der Waals surface area contributed by atoms with Crippen molar-refractivity contribution in [2.75, 3.05) is 36.5 Å². The van der Waals surface area contributed by atoms with Crippen LogP contribution in [0.1, 0.15) is 11.5 Å². The molecule has 2 aliphatic heterocycles. The molecule has 10 heteroatoms. The predicted molar refractivity (Wildman–Crippen MR) is 105 cm³/mol. The van der Waals surface area contributed by atoms with Crippen LogP contribution in [-0.2, 0) is 11.8 Å². The largest absolute Gasteiger partial charge is 0.378 e. The number of imidazole rings is 1. The maximum absolute atomic E-state index is 14.7. The van der Waals surface area contributed by atoms with E-state index >= 15 is 0 Å². The first-order valence-corrected chi connectivity index (χ1v) is 9.29. The molecule has 1 atom stereocenters. The number of aliphatic hydroxyl groups excluding tert-OH is 1. The van der Waals surface area contributed by atoms with Crippen molar-refractivity contribution in [2.45, 2.75) is 6.23 Å². The number of hydrogen-bond acceptors (Lipinski definition) is 6. The van der Waals surface area contributed by atoms with E-state index in [2.05, 4.69) is 25.3 Å². The van der Waals surface area contributed by atoms with Gasteiger partial charge in [0, 0.05) is 32.0 Å². The van der Waals surface area contributed by atoms with Crippen molar-refractivity contribution >= 4 is 44.6 Å². The molecule has 5 rings (SSSR count). The molecule has 0 saturated carbocycles. The Hall–Kier alpha value is -2.62. The summed E-state index contributed by atoms with van der Waals surface area (Å²) in [6.07, 6.45) is 0.636. The number of hydrogen-bond donors (Lipinski definition) is 3. The SMILES string of the molecule is Cn1cc2c(n1)C(Cl)=C(c1nc3c(F)cc(N4CCOCC4)cc3[nH]1)C(O)N2. The van der Waals surface area contributed by atoms with E-state index in [4.69, 9.17) is 16.3 Å². The van der Waals surface area contributed by atoms with Gasteiger partial charge in [0.25, 0.3) is 0 Å². The third kappa shape index (κ3) is 2.74. The standard InChI is InChI=1S/C18H18ClFN6O2/c1-25-8-12-16(24-25)14(19)13(18(27)22-12)17-21-11-7-9(6-10(20)15(11)23-17)26-2-4-28-5-3-26/h6-8,18,22,27H,2-5H2,1H3,(H,21,23). The van der Waals surface area contributed by atoms with Gasteiger partial charge in [-0.3, -0.25) is 4.68 Å². The van der Waals surface area contributed by atoms with Gasteiger partial charge in [0.15, 0.2) is 12.0 Å². The predicted octanol–water partition coefficient (Wildman–Crippen LogP) is 2.12. The molecule has 4 heterocycles. The van der Waals surface area contributed by atoms with Gasteiger partial charge in [0.05, 0.1) is 35.0 Å². The molecule has 146 valence electrons. The first-order chi connectivity index (χ1) is 13.5. The molecule has 3 N–H and O–H groups in total. The molecule has 1 aromatic carbocycles. The summed E-state index contributed by atoms with van der Waals surface area (Å²) in [7, 11) is 1.76. The van der Waals surface area contributed by atoms with Crippen LogP contribution in [0.2, 0.25) is 0 Å². The molecule has 0 spiro atoms. The van der Waals surface area contributed by atoms with E-state index in [1.807, 2.05) is 6.07 Å². The lowest BCUT2D eigenvalue weighted by Crippen LogP contribution is -2.36. The molecule has 28 heavy (non-hydrogen) atoms. The number of anilines is 2. The molecule has 1 unspecified atom stereocenters. The van der Waals surface area contributed by atoms with E-state index < -0.39 is 12.0 Å². The van der Waals surface area contributed by atoms with Gasteiger partial charge in [-0.15, -0.1) is 0 Å². The first kappa shape index (κ1) is 17.5. The second kappa shape index (κ2) is 6.47. The average molecular weight is 405 g/mol. The number of H-pyrrole nitrogens is 1. The summed E-state index contributed by atoms with van der Waals surface area (Å²) >= 11 is 6.50. The molecule has 1 saturated heterocycles. The average Bonchev–Trinajstić information content (AvgIpc) is 3.26. The van der Waals surface area contributed by atoms with Gasteiger partial charge in [-0.25, -0.2) is 9.37 Å². The Kier molecular flexibility index (Phi) is 4.04. The zero-order valence-corrected chi connectivity index (χ0v) is 15.8. The Morgan fingerprint density at radius 2 is 2.11 bits per heavy atom. The summed E-state index contributed by atoms with van der Waals surface area (Å²) < 4.78 is 21.7. The number of aromatic nitrogens is 4. The van der Waals surface area contributed by atoms with Crippen LogP contribution in [-0.4, -0.2) is 57.4 Å². The number of nitrogens with one attached hydrogen (secondary N) is 2. The van der Waals surface area contributed by atoms with Crippen LogP contribution in [0.3, 0.4) is 0 Å². The zero-order valence-electron chi connectivity index (χ0n) is 15.0. The molecule has 2 aliphatic rings. The third-order valence-corrected chi connectivity index (χ3v) is 5.38. The Morgan fingerprint density at radius 1 is 1.32 bits per heavy atom. The maximum Gasteiger partial charge on any atom is 0.156 e. The molecule has 0 bridgehead atoms. The normalized spacial score (nSPS) is 19.9. The van der Waals surface area contributed by atoms with Crippen LogP contribution in [0.5, 0.6) is 0 Å². The van der Waals surface area contributed by atoms with Gasteiger partial charge in [0.1, 0.15) is 17.0 Å². The van der Waals surface area contributed by atoms with Crippen LogP contribution in [0.4, 0.5) is 15.8 Å². The van der Waals surface area contributed by atoms with E-state index in [1.165, 1.54) is 6.07 Å². The number of aryl methyl sites for hydroxylation is 1. The fourth-order valence-electron chi connectivity index (χ4n) is 3.65. The molecule has 3 aromatic rings. The van der Waals surface area contributed by atoms with Gasteiger partial charge < -0.3 is 25.0 Å². The lowest BCUT2D eigenvalue weighted by Gasteiger charge is -2.28. The van der Waals surface area contributed by atoms with Crippen molar-refractivity contribution in [3.8, 4) is 0 Å². The smallest absolute Gasteiger partial charge is 0.156 e. The van der Waals surface area contributed by atoms with Crippen LogP contribution in [0, 0.1) is 5.82 Å². The topological polar surface area (TPSA) is 91.2 Å². The number of benzene rings is 1. The minimum atomic E-state index is -1.09. The number of ether oxygens (including phenoxy) is 1. The van der Waals surface area contributed by atoms with Crippen LogP contribution < -0.4 is 10.2 Å². The van der Waals surface area contributed by atoms with Crippen molar-refractivity contribution < 1.29 is 14.2 Å². The minimum Gasteiger partial charge on any atom is -0.378 e. The summed E-state index contributed by atoms with van der Waals surface area (Å²) in [6, 6.07) is 3.32. The van der Waals surface area contributed by atoms with E-state index in [0.29, 0.717) is 54.6 Å². The monoisotopic (exact) mass is 404 g/mol. The molecular formula is C18H18ClFN6O2. The number of morpholine rings is 1. The zero-order chi connectivity index (χ0) is 19.4. The summed E-state index contributed by atoms with van der Waals surface area (Å²) in [4.78, 5) is 9.52. The highest BCUT2D eigenvalue weighted by atomic mass is 35.5. The van der Waals surface area contributed by atoms with Crippen molar-refractivity contribution in [3.05, 3.63) is 35.7 Å². The number of fused-ring (bicyclic) bond motifs is 2. The van der Waals surface area contributed by atoms with Gasteiger partial charge >= 0.3 is 0 Å². The quantitative estimate of drug-likeness (QED) is 0.606. The fraction of sp³-hybridized carbons (Fsp3) is 0.333. The maximum atomic E-state index is 14.7. The first-order valence-electron chi connectivity index (χ1n) is 8.92. The van der Waals surface area contributed by atoms with Gasteiger partial charge in [0.2, 0.25) is 0 Å². The van der Waals surface area contributed by atoms with Crippen molar-refractivity contribution in [2.24, 2.45) is 7.05 Å². The van der Waals surface area contributed by atoms with Crippen molar-refractivity contribution in [1.29, 1.82) is 0 Å². The summed E-state index contributed by atoms with van der Waals surface area (Å²) in [5.74, 6) is -0.135.